The highest BCUT2D eigenvalue weighted by Gasteiger charge is 2.29. The zero-order valence-corrected chi connectivity index (χ0v) is 12.4. The standard InChI is InChI=1S/C15H32N2/c1-5-9-15(3,12-16-4)13-17(10-6-2)11-14-7-8-14/h14,16H,5-13H2,1-4H3. The van der Waals surface area contributed by atoms with Crippen molar-refractivity contribution in [3.05, 3.63) is 0 Å². The fourth-order valence-electron chi connectivity index (χ4n) is 3.01. The van der Waals surface area contributed by atoms with E-state index in [-0.39, 0.29) is 0 Å². The van der Waals surface area contributed by atoms with E-state index in [9.17, 15) is 0 Å². The molecule has 1 atom stereocenters. The molecule has 17 heavy (non-hydrogen) atoms. The van der Waals surface area contributed by atoms with Crippen LogP contribution in [0.1, 0.15) is 52.9 Å². The van der Waals surface area contributed by atoms with Crippen LogP contribution in [0, 0.1) is 11.3 Å². The van der Waals surface area contributed by atoms with Gasteiger partial charge in [-0.1, -0.05) is 27.2 Å². The van der Waals surface area contributed by atoms with E-state index >= 15 is 0 Å². The molecule has 1 unspecified atom stereocenters. The van der Waals surface area contributed by atoms with Crippen molar-refractivity contribution in [1.82, 2.24) is 10.2 Å². The predicted octanol–water partition coefficient (Wildman–Crippen LogP) is 3.13. The van der Waals surface area contributed by atoms with Gasteiger partial charge in [-0.05, 0) is 50.6 Å². The van der Waals surface area contributed by atoms with Crippen LogP contribution >= 0.6 is 0 Å². The number of nitrogens with zero attached hydrogens (tertiary/aromatic N) is 1. The second-order valence-electron chi connectivity index (χ2n) is 6.27. The van der Waals surface area contributed by atoms with Crippen molar-refractivity contribution in [3.8, 4) is 0 Å². The summed E-state index contributed by atoms with van der Waals surface area (Å²) >= 11 is 0. The van der Waals surface area contributed by atoms with Crippen molar-refractivity contribution in [2.24, 2.45) is 11.3 Å². The maximum atomic E-state index is 3.38. The van der Waals surface area contributed by atoms with Crippen LogP contribution in [0.3, 0.4) is 0 Å². The molecule has 0 aromatic rings. The van der Waals surface area contributed by atoms with Gasteiger partial charge in [-0.3, -0.25) is 0 Å². The SMILES string of the molecule is CCCN(CC1CC1)CC(C)(CCC)CNC. The molecular weight excluding hydrogens is 208 g/mol. The molecule has 1 N–H and O–H groups in total. The number of hydrogen-bond acceptors (Lipinski definition) is 2. The third-order valence-electron chi connectivity index (χ3n) is 3.82. The number of hydrogen-bond donors (Lipinski definition) is 1. The summed E-state index contributed by atoms with van der Waals surface area (Å²) in [5.74, 6) is 1.02. The molecule has 0 aliphatic heterocycles. The first-order valence-corrected chi connectivity index (χ1v) is 7.50. The molecule has 0 aromatic heterocycles. The van der Waals surface area contributed by atoms with Gasteiger partial charge >= 0.3 is 0 Å². The molecule has 0 amide bonds. The van der Waals surface area contributed by atoms with Crippen LogP contribution in [0.15, 0.2) is 0 Å². The van der Waals surface area contributed by atoms with Crippen LogP contribution in [0.25, 0.3) is 0 Å². The van der Waals surface area contributed by atoms with Gasteiger partial charge in [-0.25, -0.2) is 0 Å². The molecular formula is C15H32N2. The van der Waals surface area contributed by atoms with E-state index in [4.69, 9.17) is 0 Å². The number of nitrogens with one attached hydrogen (secondary N) is 1. The summed E-state index contributed by atoms with van der Waals surface area (Å²) in [7, 11) is 2.08. The summed E-state index contributed by atoms with van der Waals surface area (Å²) in [5, 5.41) is 3.38. The van der Waals surface area contributed by atoms with Crippen molar-refractivity contribution < 1.29 is 0 Å². The minimum absolute atomic E-state index is 0.452. The lowest BCUT2D eigenvalue weighted by atomic mass is 9.84. The minimum atomic E-state index is 0.452. The average Bonchev–Trinajstić information content (AvgIpc) is 3.02. The highest BCUT2D eigenvalue weighted by molar-refractivity contribution is 4.83. The Balaban J connectivity index is 2.46. The normalized spacial score (nSPS) is 19.6. The zero-order valence-electron chi connectivity index (χ0n) is 12.4. The molecule has 2 heteroatoms. The van der Waals surface area contributed by atoms with Crippen LogP contribution in [0.4, 0.5) is 0 Å². The van der Waals surface area contributed by atoms with Gasteiger partial charge in [0.2, 0.25) is 0 Å². The molecule has 1 rings (SSSR count). The summed E-state index contributed by atoms with van der Waals surface area (Å²) < 4.78 is 0. The fourth-order valence-corrected chi connectivity index (χ4v) is 3.01. The highest BCUT2D eigenvalue weighted by atomic mass is 15.1. The first-order valence-electron chi connectivity index (χ1n) is 7.50. The van der Waals surface area contributed by atoms with E-state index in [0.717, 1.165) is 12.5 Å². The highest BCUT2D eigenvalue weighted by Crippen LogP contribution is 2.31. The summed E-state index contributed by atoms with van der Waals surface area (Å²) in [6, 6.07) is 0. The lowest BCUT2D eigenvalue weighted by molar-refractivity contribution is 0.146. The molecule has 102 valence electrons. The maximum Gasteiger partial charge on any atom is 0.00476 e. The summed E-state index contributed by atoms with van der Waals surface area (Å²) in [5.41, 5.74) is 0.452. The lowest BCUT2D eigenvalue weighted by Crippen LogP contribution is -2.42. The molecule has 1 aliphatic rings. The van der Waals surface area contributed by atoms with Gasteiger partial charge in [-0.2, -0.15) is 0 Å². The van der Waals surface area contributed by atoms with Gasteiger partial charge in [0.25, 0.3) is 0 Å². The maximum absolute atomic E-state index is 3.38. The van der Waals surface area contributed by atoms with Gasteiger partial charge in [0.15, 0.2) is 0 Å². The predicted molar refractivity (Wildman–Crippen MR) is 76.4 cm³/mol. The van der Waals surface area contributed by atoms with Gasteiger partial charge < -0.3 is 10.2 Å². The Morgan fingerprint density at radius 1 is 1.24 bits per heavy atom. The third kappa shape index (κ3) is 5.87. The van der Waals surface area contributed by atoms with Crippen molar-refractivity contribution in [2.45, 2.75) is 52.9 Å². The van der Waals surface area contributed by atoms with E-state index in [1.165, 1.54) is 51.7 Å². The minimum Gasteiger partial charge on any atom is -0.319 e. The van der Waals surface area contributed by atoms with Crippen LogP contribution in [-0.2, 0) is 0 Å². The quantitative estimate of drug-likeness (QED) is 0.631. The Bertz CT molecular complexity index is 193. The molecule has 0 aromatic carbocycles. The van der Waals surface area contributed by atoms with E-state index in [2.05, 4.69) is 38.0 Å². The topological polar surface area (TPSA) is 15.3 Å². The first-order chi connectivity index (χ1) is 8.13. The lowest BCUT2D eigenvalue weighted by Gasteiger charge is -2.35. The Morgan fingerprint density at radius 2 is 1.94 bits per heavy atom. The molecule has 0 bridgehead atoms. The average molecular weight is 240 g/mol. The van der Waals surface area contributed by atoms with Crippen LogP contribution in [-0.4, -0.2) is 38.1 Å². The van der Waals surface area contributed by atoms with E-state index in [1.54, 1.807) is 0 Å². The van der Waals surface area contributed by atoms with Crippen LogP contribution in [0.5, 0.6) is 0 Å². The Morgan fingerprint density at radius 3 is 2.41 bits per heavy atom. The molecule has 1 aliphatic carbocycles. The monoisotopic (exact) mass is 240 g/mol. The van der Waals surface area contributed by atoms with Crippen molar-refractivity contribution in [2.75, 3.05) is 33.2 Å². The molecule has 0 heterocycles. The van der Waals surface area contributed by atoms with Crippen molar-refractivity contribution in [3.63, 3.8) is 0 Å². The smallest absolute Gasteiger partial charge is 0.00476 e. The van der Waals surface area contributed by atoms with E-state index < -0.39 is 0 Å². The Labute approximate surface area is 108 Å². The molecule has 2 nitrogen and oxygen atoms in total. The van der Waals surface area contributed by atoms with Crippen LogP contribution in [0.2, 0.25) is 0 Å². The molecule has 1 saturated carbocycles. The van der Waals surface area contributed by atoms with Crippen LogP contribution < -0.4 is 5.32 Å². The fraction of sp³-hybridized carbons (Fsp3) is 1.00. The van der Waals surface area contributed by atoms with Gasteiger partial charge in [0.05, 0.1) is 0 Å². The van der Waals surface area contributed by atoms with E-state index in [1.807, 2.05) is 0 Å². The summed E-state index contributed by atoms with van der Waals surface area (Å²) in [4.78, 5) is 2.71. The first kappa shape index (κ1) is 15.0. The molecule has 0 radical (unpaired) electrons. The summed E-state index contributed by atoms with van der Waals surface area (Å²) in [6.45, 7) is 12.1. The van der Waals surface area contributed by atoms with Gasteiger partial charge in [0, 0.05) is 19.6 Å². The molecule has 1 fully saturated rings. The molecule has 0 spiro atoms. The Kier molecular flexibility index (Phi) is 6.50. The largest absolute Gasteiger partial charge is 0.319 e. The van der Waals surface area contributed by atoms with E-state index in [0.29, 0.717) is 5.41 Å². The Hall–Kier alpha value is -0.0800. The van der Waals surface area contributed by atoms with Crippen molar-refractivity contribution >= 4 is 0 Å². The third-order valence-corrected chi connectivity index (χ3v) is 3.82. The van der Waals surface area contributed by atoms with Crippen molar-refractivity contribution in [1.29, 1.82) is 0 Å². The zero-order chi connectivity index (χ0) is 12.7. The second-order valence-corrected chi connectivity index (χ2v) is 6.27. The second kappa shape index (κ2) is 7.38. The van der Waals surface area contributed by atoms with Gasteiger partial charge in [0.1, 0.15) is 0 Å². The van der Waals surface area contributed by atoms with Gasteiger partial charge in [-0.15, -0.1) is 0 Å². The number of rotatable bonds is 10. The molecule has 0 saturated heterocycles. The summed E-state index contributed by atoms with van der Waals surface area (Å²) in [6.07, 6.45) is 6.85.